The second-order valence-corrected chi connectivity index (χ2v) is 7.96. The fraction of sp³-hybridized carbons (Fsp3) is 1.00. The van der Waals surface area contributed by atoms with Gasteiger partial charge in [-0.15, -0.1) is 0 Å². The Morgan fingerprint density at radius 3 is 2.56 bits per heavy atom. The number of nitrogens with one attached hydrogen (secondary N) is 2. The number of thioether (sulfide) groups is 1. The third kappa shape index (κ3) is 3.91. The van der Waals surface area contributed by atoms with Gasteiger partial charge in [0.05, 0.1) is 5.75 Å². The Bertz CT molecular complexity index is 335. The van der Waals surface area contributed by atoms with E-state index in [2.05, 4.69) is 16.3 Å². The molecule has 0 bridgehead atoms. The molecule has 2 rings (SSSR count). The van der Waals surface area contributed by atoms with Crippen molar-refractivity contribution >= 4 is 21.8 Å². The van der Waals surface area contributed by atoms with Gasteiger partial charge in [0, 0.05) is 23.9 Å². The van der Waals surface area contributed by atoms with E-state index in [0.717, 1.165) is 12.8 Å². The van der Waals surface area contributed by atoms with Gasteiger partial charge in [-0.25, -0.2) is 13.1 Å². The zero-order valence-corrected chi connectivity index (χ0v) is 11.3. The first-order valence-corrected chi connectivity index (χ1v) is 8.69. The zero-order chi connectivity index (χ0) is 11.6. The quantitative estimate of drug-likeness (QED) is 0.672. The Labute approximate surface area is 102 Å². The number of sulfonamides is 1. The predicted molar refractivity (Wildman–Crippen MR) is 68.3 cm³/mol. The standard InChI is InChI=1S/C10H20N2O2S2/c1-15-10(4-5-10)8-12-16(13,14)7-6-11-9-2-3-9/h9,11-12H,2-8H2,1H3. The molecule has 2 aliphatic carbocycles. The van der Waals surface area contributed by atoms with Crippen molar-refractivity contribution in [2.45, 2.75) is 36.5 Å². The van der Waals surface area contributed by atoms with E-state index < -0.39 is 10.0 Å². The first-order valence-electron chi connectivity index (χ1n) is 5.81. The first kappa shape index (κ1) is 12.7. The monoisotopic (exact) mass is 264 g/mol. The van der Waals surface area contributed by atoms with Crippen molar-refractivity contribution in [1.29, 1.82) is 0 Å². The van der Waals surface area contributed by atoms with Crippen molar-refractivity contribution in [1.82, 2.24) is 10.0 Å². The van der Waals surface area contributed by atoms with Crippen LogP contribution in [0.15, 0.2) is 0 Å². The van der Waals surface area contributed by atoms with Crippen LogP contribution < -0.4 is 10.0 Å². The van der Waals surface area contributed by atoms with Crippen LogP contribution in [-0.2, 0) is 10.0 Å². The summed E-state index contributed by atoms with van der Waals surface area (Å²) >= 11 is 1.78. The molecule has 6 heteroatoms. The fourth-order valence-corrected chi connectivity index (χ4v) is 3.44. The lowest BCUT2D eigenvalue weighted by Crippen LogP contribution is -2.36. The Morgan fingerprint density at radius 2 is 2.06 bits per heavy atom. The van der Waals surface area contributed by atoms with Crippen LogP contribution in [0.3, 0.4) is 0 Å². The van der Waals surface area contributed by atoms with E-state index >= 15 is 0 Å². The molecule has 0 aromatic heterocycles. The Kier molecular flexibility index (Phi) is 3.83. The van der Waals surface area contributed by atoms with Crippen LogP contribution in [0.4, 0.5) is 0 Å². The summed E-state index contributed by atoms with van der Waals surface area (Å²) in [6.07, 6.45) is 6.72. The maximum Gasteiger partial charge on any atom is 0.212 e. The highest BCUT2D eigenvalue weighted by atomic mass is 32.2. The van der Waals surface area contributed by atoms with Gasteiger partial charge in [0.1, 0.15) is 0 Å². The highest BCUT2D eigenvalue weighted by Gasteiger charge is 2.42. The van der Waals surface area contributed by atoms with Crippen molar-refractivity contribution in [3.05, 3.63) is 0 Å². The van der Waals surface area contributed by atoms with Crippen LogP contribution in [0.5, 0.6) is 0 Å². The van der Waals surface area contributed by atoms with Crippen molar-refractivity contribution < 1.29 is 8.42 Å². The molecule has 0 aromatic carbocycles. The van der Waals surface area contributed by atoms with Crippen molar-refractivity contribution in [3.63, 3.8) is 0 Å². The molecule has 0 aromatic rings. The van der Waals surface area contributed by atoms with Crippen molar-refractivity contribution in [2.75, 3.05) is 25.1 Å². The van der Waals surface area contributed by atoms with E-state index in [0.29, 0.717) is 19.1 Å². The maximum atomic E-state index is 11.7. The molecular weight excluding hydrogens is 244 g/mol. The summed E-state index contributed by atoms with van der Waals surface area (Å²) in [6, 6.07) is 0.580. The number of rotatable bonds is 8. The molecular formula is C10H20N2O2S2. The molecule has 2 fully saturated rings. The van der Waals surface area contributed by atoms with Crippen molar-refractivity contribution in [3.8, 4) is 0 Å². The molecule has 4 nitrogen and oxygen atoms in total. The van der Waals surface area contributed by atoms with Crippen LogP contribution in [0.1, 0.15) is 25.7 Å². The van der Waals surface area contributed by atoms with Gasteiger partial charge < -0.3 is 5.32 Å². The molecule has 0 aliphatic heterocycles. The largest absolute Gasteiger partial charge is 0.313 e. The maximum absolute atomic E-state index is 11.7. The fourth-order valence-electron chi connectivity index (χ4n) is 1.59. The predicted octanol–water partition coefficient (Wildman–Crippen LogP) is 0.553. The van der Waals surface area contributed by atoms with Crippen LogP contribution in [-0.4, -0.2) is 44.3 Å². The van der Waals surface area contributed by atoms with Gasteiger partial charge >= 0.3 is 0 Å². The Hall–Kier alpha value is 0.220. The smallest absolute Gasteiger partial charge is 0.212 e. The highest BCUT2D eigenvalue weighted by Crippen LogP contribution is 2.46. The summed E-state index contributed by atoms with van der Waals surface area (Å²) in [4.78, 5) is 0. The first-order chi connectivity index (χ1) is 7.55. The van der Waals surface area contributed by atoms with E-state index in [9.17, 15) is 8.42 Å². The van der Waals surface area contributed by atoms with E-state index in [1.54, 1.807) is 11.8 Å². The minimum Gasteiger partial charge on any atom is -0.313 e. The van der Waals surface area contributed by atoms with Gasteiger partial charge in [-0.3, -0.25) is 0 Å². The molecule has 16 heavy (non-hydrogen) atoms. The van der Waals surface area contributed by atoms with Gasteiger partial charge in [-0.2, -0.15) is 11.8 Å². The lowest BCUT2D eigenvalue weighted by Gasteiger charge is -2.13. The van der Waals surface area contributed by atoms with Crippen LogP contribution >= 0.6 is 11.8 Å². The van der Waals surface area contributed by atoms with Crippen molar-refractivity contribution in [2.24, 2.45) is 0 Å². The van der Waals surface area contributed by atoms with E-state index in [1.807, 2.05) is 0 Å². The topological polar surface area (TPSA) is 58.2 Å². The summed E-state index contributed by atoms with van der Waals surface area (Å²) in [7, 11) is -3.08. The Morgan fingerprint density at radius 1 is 1.38 bits per heavy atom. The van der Waals surface area contributed by atoms with E-state index in [4.69, 9.17) is 0 Å². The Balaban J connectivity index is 1.65. The minimum absolute atomic E-state index is 0.202. The van der Waals surface area contributed by atoms with Gasteiger partial charge in [0.25, 0.3) is 0 Å². The molecule has 0 saturated heterocycles. The second kappa shape index (κ2) is 4.84. The summed E-state index contributed by atoms with van der Waals surface area (Å²) in [5.74, 6) is 0.202. The third-order valence-corrected chi connectivity index (χ3v) is 5.98. The number of hydrogen-bond acceptors (Lipinski definition) is 4. The van der Waals surface area contributed by atoms with E-state index in [-0.39, 0.29) is 10.5 Å². The lowest BCUT2D eigenvalue weighted by molar-refractivity contribution is 0.574. The molecule has 2 N–H and O–H groups in total. The normalized spacial score (nSPS) is 23.3. The van der Waals surface area contributed by atoms with Crippen LogP contribution in [0.2, 0.25) is 0 Å². The molecule has 0 atom stereocenters. The molecule has 2 saturated carbocycles. The average molecular weight is 264 g/mol. The van der Waals surface area contributed by atoms with Gasteiger partial charge in [0.15, 0.2) is 0 Å². The molecule has 0 radical (unpaired) electrons. The van der Waals surface area contributed by atoms with Crippen LogP contribution in [0.25, 0.3) is 0 Å². The highest BCUT2D eigenvalue weighted by molar-refractivity contribution is 8.00. The molecule has 0 amide bonds. The molecule has 0 spiro atoms. The minimum atomic E-state index is -3.08. The molecule has 0 heterocycles. The summed E-state index contributed by atoms with van der Waals surface area (Å²) in [5.41, 5.74) is 0. The lowest BCUT2D eigenvalue weighted by atomic mass is 10.4. The van der Waals surface area contributed by atoms with Gasteiger partial charge in [0.2, 0.25) is 10.0 Å². The SMILES string of the molecule is CSC1(CNS(=O)(=O)CCNC2CC2)CC1. The summed E-state index contributed by atoms with van der Waals surface area (Å²) in [5, 5.41) is 3.22. The van der Waals surface area contributed by atoms with Gasteiger partial charge in [-0.05, 0) is 31.9 Å². The molecule has 2 aliphatic rings. The van der Waals surface area contributed by atoms with Crippen LogP contribution in [0, 0.1) is 0 Å². The average Bonchev–Trinajstić information content (AvgIpc) is 3.12. The summed E-state index contributed by atoms with van der Waals surface area (Å²) < 4.78 is 26.2. The third-order valence-electron chi connectivity index (χ3n) is 3.24. The van der Waals surface area contributed by atoms with E-state index in [1.165, 1.54) is 12.8 Å². The number of hydrogen-bond donors (Lipinski definition) is 2. The summed E-state index contributed by atoms with van der Waals surface area (Å²) in [6.45, 7) is 1.17. The van der Waals surface area contributed by atoms with Gasteiger partial charge in [-0.1, -0.05) is 0 Å². The molecule has 0 unspecified atom stereocenters. The molecule has 94 valence electrons. The zero-order valence-electron chi connectivity index (χ0n) is 9.66. The second-order valence-electron chi connectivity index (χ2n) is 4.76.